The molecular formula is C19H26O2. The molecule has 1 unspecified atom stereocenters. The summed E-state index contributed by atoms with van der Waals surface area (Å²) < 4.78 is 0. The van der Waals surface area contributed by atoms with Gasteiger partial charge in [0.1, 0.15) is 11.5 Å². The molecule has 21 heavy (non-hydrogen) atoms. The number of allylic oxidation sites excluding steroid dienone is 3. The molecule has 1 aromatic carbocycles. The molecule has 2 rings (SSSR count). The zero-order valence-electron chi connectivity index (χ0n) is 13.5. The van der Waals surface area contributed by atoms with Crippen molar-refractivity contribution in [3.8, 4) is 11.5 Å². The largest absolute Gasteiger partial charge is 0.507 e. The Bertz CT molecular complexity index is 558. The Balaban J connectivity index is 2.53. The molecule has 0 radical (unpaired) electrons. The molecule has 114 valence electrons. The summed E-state index contributed by atoms with van der Waals surface area (Å²) in [5, 5.41) is 20.9. The van der Waals surface area contributed by atoms with Crippen LogP contribution >= 0.6 is 0 Å². The fraction of sp³-hybridized carbons (Fsp3) is 0.474. The normalized spacial score (nSPS) is 22.2. The average molecular weight is 286 g/mol. The minimum absolute atomic E-state index is 0.0115. The van der Waals surface area contributed by atoms with Crippen molar-refractivity contribution < 1.29 is 10.2 Å². The number of phenols is 2. The van der Waals surface area contributed by atoms with Gasteiger partial charge in [-0.3, -0.25) is 0 Å². The first-order chi connectivity index (χ1) is 9.81. The van der Waals surface area contributed by atoms with Gasteiger partial charge in [-0.25, -0.2) is 0 Å². The van der Waals surface area contributed by atoms with E-state index in [1.54, 1.807) is 12.1 Å². The number of phenolic OH excluding ortho intramolecular Hbond substituents is 2. The van der Waals surface area contributed by atoms with E-state index in [1.807, 2.05) is 6.92 Å². The van der Waals surface area contributed by atoms with Crippen LogP contribution in [0.25, 0.3) is 0 Å². The highest BCUT2D eigenvalue weighted by Gasteiger charge is 2.30. The summed E-state index contributed by atoms with van der Waals surface area (Å²) in [4.78, 5) is 0. The molecule has 2 nitrogen and oxygen atoms in total. The van der Waals surface area contributed by atoms with Crippen LogP contribution in [0.5, 0.6) is 11.5 Å². The summed E-state index contributed by atoms with van der Waals surface area (Å²) in [7, 11) is 0. The highest BCUT2D eigenvalue weighted by molar-refractivity contribution is 5.52. The van der Waals surface area contributed by atoms with Crippen molar-refractivity contribution in [2.75, 3.05) is 0 Å². The van der Waals surface area contributed by atoms with Crippen LogP contribution < -0.4 is 0 Å². The predicted molar refractivity (Wildman–Crippen MR) is 87.9 cm³/mol. The standard InChI is InChI=1S/C19H26O2/c1-11(2)14-9-17(20)19(18(21)10-14)16-8-13(5)6-7-15(16)12(3)4/h8-11,15-16,20-21H,3,6-7H2,1-2,4-5H3/t15?,16-/m1/s1. The summed E-state index contributed by atoms with van der Waals surface area (Å²) in [5.41, 5.74) is 4.02. The van der Waals surface area contributed by atoms with Crippen LogP contribution in [-0.4, -0.2) is 10.2 Å². The summed E-state index contributed by atoms with van der Waals surface area (Å²) in [6.07, 6.45) is 4.25. The van der Waals surface area contributed by atoms with Crippen molar-refractivity contribution in [2.45, 2.75) is 52.4 Å². The molecule has 2 N–H and O–H groups in total. The van der Waals surface area contributed by atoms with Gasteiger partial charge in [-0.15, -0.1) is 0 Å². The summed E-state index contributed by atoms with van der Waals surface area (Å²) >= 11 is 0. The third kappa shape index (κ3) is 3.15. The lowest BCUT2D eigenvalue weighted by molar-refractivity contribution is 0.405. The third-order valence-corrected chi connectivity index (χ3v) is 4.54. The Labute approximate surface area is 127 Å². The van der Waals surface area contributed by atoms with E-state index < -0.39 is 0 Å². The lowest BCUT2D eigenvalue weighted by Crippen LogP contribution is -2.17. The molecule has 2 atom stereocenters. The van der Waals surface area contributed by atoms with Gasteiger partial charge in [0.2, 0.25) is 0 Å². The van der Waals surface area contributed by atoms with Crippen LogP contribution in [0.15, 0.2) is 35.9 Å². The van der Waals surface area contributed by atoms with Crippen molar-refractivity contribution in [1.29, 1.82) is 0 Å². The van der Waals surface area contributed by atoms with E-state index in [0.717, 1.165) is 24.0 Å². The zero-order valence-corrected chi connectivity index (χ0v) is 13.5. The molecule has 0 amide bonds. The van der Waals surface area contributed by atoms with Crippen LogP contribution in [-0.2, 0) is 0 Å². The van der Waals surface area contributed by atoms with E-state index in [1.165, 1.54) is 5.57 Å². The van der Waals surface area contributed by atoms with Crippen molar-refractivity contribution in [3.63, 3.8) is 0 Å². The van der Waals surface area contributed by atoms with Gasteiger partial charge in [0.25, 0.3) is 0 Å². The van der Waals surface area contributed by atoms with Gasteiger partial charge in [0.05, 0.1) is 0 Å². The van der Waals surface area contributed by atoms with Crippen molar-refractivity contribution in [2.24, 2.45) is 5.92 Å². The van der Waals surface area contributed by atoms with Crippen LogP contribution in [0.4, 0.5) is 0 Å². The van der Waals surface area contributed by atoms with E-state index >= 15 is 0 Å². The van der Waals surface area contributed by atoms with Crippen molar-refractivity contribution >= 4 is 0 Å². The Morgan fingerprint density at radius 3 is 2.29 bits per heavy atom. The average Bonchev–Trinajstić information content (AvgIpc) is 2.37. The SMILES string of the molecule is C=C(C)C1CCC(C)=C[C@H]1c1c(O)cc(C(C)C)cc1O. The van der Waals surface area contributed by atoms with E-state index in [9.17, 15) is 10.2 Å². The van der Waals surface area contributed by atoms with Gasteiger partial charge in [0, 0.05) is 11.5 Å². The molecule has 1 aliphatic carbocycles. The van der Waals surface area contributed by atoms with E-state index in [2.05, 4.69) is 33.4 Å². The first-order valence-corrected chi connectivity index (χ1v) is 7.69. The van der Waals surface area contributed by atoms with Crippen LogP contribution in [0, 0.1) is 5.92 Å². The van der Waals surface area contributed by atoms with Crippen molar-refractivity contribution in [3.05, 3.63) is 47.1 Å². The third-order valence-electron chi connectivity index (χ3n) is 4.54. The van der Waals surface area contributed by atoms with Crippen molar-refractivity contribution in [1.82, 2.24) is 0 Å². The molecular weight excluding hydrogens is 260 g/mol. The molecule has 0 fully saturated rings. The molecule has 0 aromatic heterocycles. The first-order valence-electron chi connectivity index (χ1n) is 7.69. The van der Waals surface area contributed by atoms with Gasteiger partial charge in [-0.2, -0.15) is 0 Å². The smallest absolute Gasteiger partial charge is 0.123 e. The van der Waals surface area contributed by atoms with Crippen LogP contribution in [0.3, 0.4) is 0 Å². The second-order valence-corrected chi connectivity index (χ2v) is 6.66. The Morgan fingerprint density at radius 2 is 1.81 bits per heavy atom. The fourth-order valence-corrected chi connectivity index (χ4v) is 3.23. The second kappa shape index (κ2) is 5.97. The van der Waals surface area contributed by atoms with Crippen LogP contribution in [0.2, 0.25) is 0 Å². The first kappa shape index (κ1) is 15.7. The highest BCUT2D eigenvalue weighted by atomic mass is 16.3. The number of benzene rings is 1. The molecule has 0 saturated heterocycles. The van der Waals surface area contributed by atoms with Gasteiger partial charge in [-0.05, 0) is 56.2 Å². The minimum Gasteiger partial charge on any atom is -0.507 e. The quantitative estimate of drug-likeness (QED) is 0.746. The zero-order chi connectivity index (χ0) is 15.7. The summed E-state index contributed by atoms with van der Waals surface area (Å²) in [5.74, 6) is 0.950. The number of aromatic hydroxyl groups is 2. The Morgan fingerprint density at radius 1 is 1.24 bits per heavy atom. The lowest BCUT2D eigenvalue weighted by atomic mass is 9.73. The van der Waals surface area contributed by atoms with Gasteiger partial charge in [0.15, 0.2) is 0 Å². The second-order valence-electron chi connectivity index (χ2n) is 6.66. The predicted octanol–water partition coefficient (Wildman–Crippen LogP) is 5.24. The van der Waals surface area contributed by atoms with Gasteiger partial charge >= 0.3 is 0 Å². The molecule has 1 aromatic rings. The maximum absolute atomic E-state index is 10.4. The molecule has 1 aliphatic rings. The maximum Gasteiger partial charge on any atom is 0.123 e. The number of hydrogen-bond acceptors (Lipinski definition) is 2. The minimum atomic E-state index is 0.0115. The van der Waals surface area contributed by atoms with Crippen LogP contribution in [0.1, 0.15) is 63.5 Å². The summed E-state index contributed by atoms with van der Waals surface area (Å²) in [6.45, 7) is 12.3. The molecule has 0 spiro atoms. The van der Waals surface area contributed by atoms with E-state index in [-0.39, 0.29) is 29.3 Å². The molecule has 0 bridgehead atoms. The van der Waals surface area contributed by atoms with Gasteiger partial charge in [-0.1, -0.05) is 37.6 Å². The summed E-state index contributed by atoms with van der Waals surface area (Å²) in [6, 6.07) is 3.57. The van der Waals surface area contributed by atoms with E-state index in [0.29, 0.717) is 5.56 Å². The maximum atomic E-state index is 10.4. The Hall–Kier alpha value is -1.70. The molecule has 2 heteroatoms. The molecule has 0 heterocycles. The lowest BCUT2D eigenvalue weighted by Gasteiger charge is -2.31. The van der Waals surface area contributed by atoms with Gasteiger partial charge < -0.3 is 10.2 Å². The topological polar surface area (TPSA) is 40.5 Å². The monoisotopic (exact) mass is 286 g/mol. The number of rotatable bonds is 3. The molecule has 0 saturated carbocycles. The highest BCUT2D eigenvalue weighted by Crippen LogP contribution is 2.46. The molecule has 0 aliphatic heterocycles. The Kier molecular flexibility index (Phi) is 4.46. The fourth-order valence-electron chi connectivity index (χ4n) is 3.23. The van der Waals surface area contributed by atoms with E-state index in [4.69, 9.17) is 0 Å². The number of hydrogen-bond donors (Lipinski definition) is 2.